The first-order valence-electron chi connectivity index (χ1n) is 10.8. The van der Waals surface area contributed by atoms with Gasteiger partial charge in [0.05, 0.1) is 0 Å². The van der Waals surface area contributed by atoms with E-state index in [-0.39, 0.29) is 6.42 Å². The van der Waals surface area contributed by atoms with Gasteiger partial charge in [0, 0.05) is 13.1 Å². The maximum absolute atomic E-state index is 11.1. The molecule has 1 aromatic rings. The molecule has 5 nitrogen and oxygen atoms in total. The van der Waals surface area contributed by atoms with Gasteiger partial charge in [-0.1, -0.05) is 81.9 Å². The largest absolute Gasteiger partial charge is 0.480 e. The third-order valence-corrected chi connectivity index (χ3v) is 5.32. The minimum Gasteiger partial charge on any atom is -0.480 e. The molecule has 29 heavy (non-hydrogen) atoms. The van der Waals surface area contributed by atoms with Gasteiger partial charge in [0.1, 0.15) is 0 Å². The number of rotatable bonds is 16. The topological polar surface area (TPSA) is 86.6 Å². The fourth-order valence-corrected chi connectivity index (χ4v) is 3.08. The van der Waals surface area contributed by atoms with Crippen LogP contribution >= 0.6 is 0 Å². The fourth-order valence-electron chi connectivity index (χ4n) is 3.08. The van der Waals surface area contributed by atoms with Crippen LogP contribution in [0, 0.1) is 5.41 Å². The summed E-state index contributed by atoms with van der Waals surface area (Å²) in [7, 11) is 0. The van der Waals surface area contributed by atoms with Crippen LogP contribution in [0.3, 0.4) is 0 Å². The third-order valence-electron chi connectivity index (χ3n) is 5.32. The summed E-state index contributed by atoms with van der Waals surface area (Å²) in [6.07, 6.45) is 13.8. The van der Waals surface area contributed by atoms with Crippen molar-refractivity contribution in [3.63, 3.8) is 0 Å². The van der Waals surface area contributed by atoms with Gasteiger partial charge in [0.2, 0.25) is 0 Å². The maximum Gasteiger partial charge on any atom is 0.321 e. The van der Waals surface area contributed by atoms with Crippen LogP contribution in [0.4, 0.5) is 0 Å². The molecule has 0 aliphatic carbocycles. The number of aliphatic carboxylic acids is 2. The third kappa shape index (κ3) is 9.75. The highest BCUT2D eigenvalue weighted by Gasteiger charge is 2.40. The molecular weight excluding hydrogens is 366 g/mol. The van der Waals surface area contributed by atoms with Crippen LogP contribution < -0.4 is 5.32 Å². The predicted molar refractivity (Wildman–Crippen MR) is 117 cm³/mol. The van der Waals surface area contributed by atoms with E-state index in [0.29, 0.717) is 6.54 Å². The number of hydrogen-bond acceptors (Lipinski definition) is 3. The standard InChI is InChI=1S/C24H37NO4/c1-3-4-5-6-7-8-9-12-20-13-15-21(16-14-20)19-25-18-11-10-17-24(2,22(26)27)23(28)29/h10-11,13-16,25H,3-9,12,17-19H2,1-2H3,(H,26,27)(H,28,29)/b11-10-. The summed E-state index contributed by atoms with van der Waals surface area (Å²) in [5.74, 6) is -2.64. The van der Waals surface area contributed by atoms with Gasteiger partial charge in [-0.2, -0.15) is 0 Å². The van der Waals surface area contributed by atoms with Crippen molar-refractivity contribution < 1.29 is 19.8 Å². The second-order valence-electron chi connectivity index (χ2n) is 7.94. The minimum atomic E-state index is -1.78. The molecule has 1 aromatic carbocycles. The highest BCUT2D eigenvalue weighted by atomic mass is 16.4. The molecule has 5 heteroatoms. The van der Waals surface area contributed by atoms with Crippen molar-refractivity contribution in [2.24, 2.45) is 5.41 Å². The zero-order chi connectivity index (χ0) is 21.5. The number of carboxylic acid groups (broad SMARTS) is 2. The average Bonchev–Trinajstić information content (AvgIpc) is 2.70. The Morgan fingerprint density at radius 3 is 2.03 bits per heavy atom. The van der Waals surface area contributed by atoms with E-state index in [4.69, 9.17) is 10.2 Å². The molecule has 0 spiro atoms. The van der Waals surface area contributed by atoms with Crippen LogP contribution in [0.5, 0.6) is 0 Å². The lowest BCUT2D eigenvalue weighted by molar-refractivity contribution is -0.162. The molecule has 0 saturated heterocycles. The van der Waals surface area contributed by atoms with Crippen molar-refractivity contribution in [3.05, 3.63) is 47.5 Å². The van der Waals surface area contributed by atoms with Crippen LogP contribution in [0.2, 0.25) is 0 Å². The first kappa shape index (κ1) is 24.9. The maximum atomic E-state index is 11.1. The zero-order valence-corrected chi connectivity index (χ0v) is 18.0. The number of hydrogen-bond donors (Lipinski definition) is 3. The highest BCUT2D eigenvalue weighted by molar-refractivity contribution is 5.97. The molecule has 0 fully saturated rings. The molecule has 0 bridgehead atoms. The molecule has 162 valence electrons. The number of carbonyl (C=O) groups is 2. The molecule has 0 amide bonds. The Hall–Kier alpha value is -2.14. The molecule has 0 aliphatic rings. The Bertz CT molecular complexity index is 623. The van der Waals surface area contributed by atoms with E-state index in [1.165, 1.54) is 63.0 Å². The van der Waals surface area contributed by atoms with Crippen LogP contribution in [0.15, 0.2) is 36.4 Å². The molecule has 0 saturated carbocycles. The summed E-state index contributed by atoms with van der Waals surface area (Å²) in [5.41, 5.74) is 0.799. The second kappa shape index (κ2) is 13.9. The van der Waals surface area contributed by atoms with Crippen LogP contribution in [0.1, 0.15) is 76.3 Å². The zero-order valence-electron chi connectivity index (χ0n) is 18.0. The van der Waals surface area contributed by atoms with Gasteiger partial charge in [-0.25, -0.2) is 0 Å². The smallest absolute Gasteiger partial charge is 0.321 e. The Kier molecular flexibility index (Phi) is 12.0. The van der Waals surface area contributed by atoms with Gasteiger partial charge >= 0.3 is 11.9 Å². The molecule has 0 aliphatic heterocycles. The van der Waals surface area contributed by atoms with Gasteiger partial charge in [0.25, 0.3) is 0 Å². The fraction of sp³-hybridized carbons (Fsp3) is 0.583. The molecule has 3 N–H and O–H groups in total. The van der Waals surface area contributed by atoms with Crippen molar-refractivity contribution >= 4 is 11.9 Å². The van der Waals surface area contributed by atoms with Crippen LogP contribution in [-0.4, -0.2) is 28.7 Å². The first-order valence-corrected chi connectivity index (χ1v) is 10.8. The quantitative estimate of drug-likeness (QED) is 0.201. The SMILES string of the molecule is CCCCCCCCCc1ccc(CNC/C=C\CC(C)(C(=O)O)C(=O)O)cc1. The van der Waals surface area contributed by atoms with E-state index in [9.17, 15) is 9.59 Å². The van der Waals surface area contributed by atoms with E-state index < -0.39 is 17.4 Å². The summed E-state index contributed by atoms with van der Waals surface area (Å²) in [4.78, 5) is 22.2. The van der Waals surface area contributed by atoms with Gasteiger partial charge in [-0.15, -0.1) is 0 Å². The van der Waals surface area contributed by atoms with Gasteiger partial charge < -0.3 is 15.5 Å². The van der Waals surface area contributed by atoms with E-state index in [2.05, 4.69) is 36.5 Å². The lowest BCUT2D eigenvalue weighted by Gasteiger charge is -2.17. The minimum absolute atomic E-state index is 0.0351. The van der Waals surface area contributed by atoms with Gasteiger partial charge in [0.15, 0.2) is 5.41 Å². The van der Waals surface area contributed by atoms with Crippen molar-refractivity contribution in [2.45, 2.75) is 78.2 Å². The summed E-state index contributed by atoms with van der Waals surface area (Å²) < 4.78 is 0. The molecule has 0 radical (unpaired) electrons. The molecule has 1 rings (SSSR count). The molecular formula is C24H37NO4. The number of unbranched alkanes of at least 4 members (excludes halogenated alkanes) is 6. The Morgan fingerprint density at radius 2 is 1.45 bits per heavy atom. The van der Waals surface area contributed by atoms with Crippen molar-refractivity contribution in [2.75, 3.05) is 6.54 Å². The number of nitrogens with one attached hydrogen (secondary N) is 1. The first-order chi connectivity index (χ1) is 13.9. The summed E-state index contributed by atoms with van der Waals surface area (Å²) in [6, 6.07) is 8.66. The summed E-state index contributed by atoms with van der Waals surface area (Å²) in [5, 5.41) is 21.4. The number of benzene rings is 1. The van der Waals surface area contributed by atoms with Crippen LogP contribution in [-0.2, 0) is 22.6 Å². The number of allylic oxidation sites excluding steroid dienone is 1. The Labute approximate surface area is 175 Å². The molecule has 0 heterocycles. The van der Waals surface area contributed by atoms with E-state index in [0.717, 1.165) is 13.0 Å². The number of aryl methyl sites for hydroxylation is 1. The van der Waals surface area contributed by atoms with Crippen LogP contribution in [0.25, 0.3) is 0 Å². The normalized spacial score (nSPS) is 11.8. The van der Waals surface area contributed by atoms with E-state index in [1.54, 1.807) is 12.2 Å². The van der Waals surface area contributed by atoms with Crippen molar-refractivity contribution in [3.8, 4) is 0 Å². The molecule has 0 unspecified atom stereocenters. The summed E-state index contributed by atoms with van der Waals surface area (Å²) >= 11 is 0. The number of carboxylic acids is 2. The lowest BCUT2D eigenvalue weighted by atomic mass is 9.87. The molecule has 0 aromatic heterocycles. The summed E-state index contributed by atoms with van der Waals surface area (Å²) in [6.45, 7) is 4.75. The van der Waals surface area contributed by atoms with Gasteiger partial charge in [-0.3, -0.25) is 9.59 Å². The molecule has 0 atom stereocenters. The monoisotopic (exact) mass is 403 g/mol. The second-order valence-corrected chi connectivity index (χ2v) is 7.94. The van der Waals surface area contributed by atoms with Crippen molar-refractivity contribution in [1.82, 2.24) is 5.32 Å². The average molecular weight is 404 g/mol. The Balaban J connectivity index is 2.22. The van der Waals surface area contributed by atoms with Crippen molar-refractivity contribution in [1.29, 1.82) is 0 Å². The predicted octanol–water partition coefficient (Wildman–Crippen LogP) is 5.19. The van der Waals surface area contributed by atoms with Gasteiger partial charge in [-0.05, 0) is 37.3 Å². The lowest BCUT2D eigenvalue weighted by Crippen LogP contribution is -2.35. The Morgan fingerprint density at radius 1 is 0.897 bits per heavy atom. The van der Waals surface area contributed by atoms with E-state index in [1.807, 2.05) is 0 Å². The van der Waals surface area contributed by atoms with E-state index >= 15 is 0 Å². The highest BCUT2D eigenvalue weighted by Crippen LogP contribution is 2.22.